The average molecular weight is 245 g/mol. The molecule has 2 heterocycles. The summed E-state index contributed by atoms with van der Waals surface area (Å²) in [5.41, 5.74) is 0.529. The summed E-state index contributed by atoms with van der Waals surface area (Å²) in [5.74, 6) is 0.774. The number of nitrogens with zero attached hydrogens (tertiary/aromatic N) is 1. The minimum absolute atomic E-state index is 0. The van der Waals surface area contributed by atoms with Crippen molar-refractivity contribution < 1.29 is 0 Å². The van der Waals surface area contributed by atoms with Gasteiger partial charge in [0.1, 0.15) is 0 Å². The van der Waals surface area contributed by atoms with Crippen LogP contribution in [0.3, 0.4) is 0 Å². The molecule has 2 rings (SSSR count). The molecule has 0 radical (unpaired) electrons. The molecule has 0 amide bonds. The second-order valence-electron chi connectivity index (χ2n) is 5.59. The highest BCUT2D eigenvalue weighted by Crippen LogP contribution is 2.28. The Labute approximate surface area is 106 Å². The van der Waals surface area contributed by atoms with Gasteiger partial charge in [-0.25, -0.2) is 0 Å². The number of hydrogen-bond donors (Lipinski definition) is 1. The lowest BCUT2D eigenvalue weighted by Crippen LogP contribution is -2.41. The van der Waals surface area contributed by atoms with Crippen molar-refractivity contribution in [2.45, 2.75) is 26.2 Å². The van der Waals surface area contributed by atoms with E-state index in [4.69, 9.17) is 0 Å². The first-order valence-corrected chi connectivity index (χ1v) is 6.27. The first-order valence-electron chi connectivity index (χ1n) is 6.27. The van der Waals surface area contributed by atoms with Crippen molar-refractivity contribution in [3.8, 4) is 0 Å². The summed E-state index contributed by atoms with van der Waals surface area (Å²) in [5, 5.41) is 3.48. The van der Waals surface area contributed by atoms with Gasteiger partial charge in [-0.3, -0.25) is 0 Å². The van der Waals surface area contributed by atoms with Crippen LogP contribution in [0.5, 0.6) is 0 Å². The number of nitrogens with one attached hydrogen (secondary N) is 1. The molecule has 94 valence electrons. The zero-order valence-electron chi connectivity index (χ0n) is 10.4. The van der Waals surface area contributed by atoms with Gasteiger partial charge in [-0.2, -0.15) is 0 Å². The van der Waals surface area contributed by atoms with Crippen LogP contribution in [-0.4, -0.2) is 37.6 Å². The van der Waals surface area contributed by atoms with E-state index in [1.54, 1.807) is 0 Å². The van der Waals surface area contributed by atoms with Crippen molar-refractivity contribution in [1.82, 2.24) is 10.2 Å². The van der Waals surface area contributed by atoms with Crippen molar-refractivity contribution in [1.29, 1.82) is 0 Å². The molecule has 2 saturated heterocycles. The molecule has 0 aliphatic carbocycles. The van der Waals surface area contributed by atoms with Gasteiger partial charge < -0.3 is 10.2 Å². The molecule has 2 aliphatic rings. The normalized spacial score (nSPS) is 32.3. The predicted molar refractivity (Wildman–Crippen MR) is 72.2 cm³/mol. The second kappa shape index (κ2) is 6.04. The molecule has 0 spiro atoms. The Morgan fingerprint density at radius 3 is 2.62 bits per heavy atom. The Morgan fingerprint density at radius 1 is 1.44 bits per heavy atom. The lowest BCUT2D eigenvalue weighted by Gasteiger charge is -2.36. The third kappa shape index (κ3) is 3.47. The molecular weight excluding hydrogens is 220 g/mol. The summed E-state index contributed by atoms with van der Waals surface area (Å²) >= 11 is 0. The topological polar surface area (TPSA) is 15.3 Å². The molecule has 0 bridgehead atoms. The molecule has 0 aromatic carbocycles. The zero-order valence-corrected chi connectivity index (χ0v) is 11.2. The van der Waals surface area contributed by atoms with Crippen LogP contribution in [0.2, 0.25) is 0 Å². The standard InChI is InChI=1S/C13H24N2.ClH/c1-3-12-4-8-15(9-5-12)11-13(2)6-7-14-10-13;/h3,12,14H,1,4-11H2,2H3;1H. The predicted octanol–water partition coefficient (Wildman–Crippen LogP) is 2.31. The van der Waals surface area contributed by atoms with Crippen molar-refractivity contribution in [2.75, 3.05) is 32.7 Å². The highest BCUT2D eigenvalue weighted by molar-refractivity contribution is 5.85. The maximum atomic E-state index is 3.90. The average Bonchev–Trinajstić information content (AvgIpc) is 2.66. The summed E-state index contributed by atoms with van der Waals surface area (Å²) < 4.78 is 0. The molecule has 0 aromatic rings. The third-order valence-electron chi connectivity index (χ3n) is 4.03. The van der Waals surface area contributed by atoms with E-state index in [0.717, 1.165) is 5.92 Å². The van der Waals surface area contributed by atoms with Gasteiger partial charge in [0.05, 0.1) is 0 Å². The second-order valence-corrected chi connectivity index (χ2v) is 5.59. The number of likely N-dealkylation sites (tertiary alicyclic amines) is 1. The van der Waals surface area contributed by atoms with Crippen LogP contribution < -0.4 is 5.32 Å². The number of allylic oxidation sites excluding steroid dienone is 1. The Bertz CT molecular complexity index is 216. The van der Waals surface area contributed by atoms with Crippen LogP contribution in [0.1, 0.15) is 26.2 Å². The number of rotatable bonds is 3. The maximum Gasteiger partial charge on any atom is 0.00480 e. The van der Waals surface area contributed by atoms with Crippen molar-refractivity contribution in [3.63, 3.8) is 0 Å². The molecular formula is C13H25ClN2. The van der Waals surface area contributed by atoms with Crippen LogP contribution in [0.25, 0.3) is 0 Å². The Balaban J connectivity index is 0.00000128. The van der Waals surface area contributed by atoms with Gasteiger partial charge in [-0.05, 0) is 50.2 Å². The molecule has 0 aromatic heterocycles. The van der Waals surface area contributed by atoms with E-state index in [-0.39, 0.29) is 12.4 Å². The molecule has 1 N–H and O–H groups in total. The molecule has 2 fully saturated rings. The van der Waals surface area contributed by atoms with E-state index in [0.29, 0.717) is 5.41 Å². The van der Waals surface area contributed by atoms with Gasteiger partial charge in [0, 0.05) is 13.1 Å². The molecule has 16 heavy (non-hydrogen) atoms. The summed E-state index contributed by atoms with van der Waals surface area (Å²) in [7, 11) is 0. The van der Waals surface area contributed by atoms with E-state index in [1.807, 2.05) is 0 Å². The van der Waals surface area contributed by atoms with E-state index in [9.17, 15) is 0 Å². The van der Waals surface area contributed by atoms with Crippen molar-refractivity contribution in [2.24, 2.45) is 11.3 Å². The fourth-order valence-corrected chi connectivity index (χ4v) is 2.89. The smallest absolute Gasteiger partial charge is 0.00480 e. The molecule has 1 unspecified atom stereocenters. The minimum Gasteiger partial charge on any atom is -0.316 e. The monoisotopic (exact) mass is 244 g/mol. The maximum absolute atomic E-state index is 3.90. The largest absolute Gasteiger partial charge is 0.316 e. The Kier molecular flexibility index (Phi) is 5.29. The third-order valence-corrected chi connectivity index (χ3v) is 4.03. The lowest BCUT2D eigenvalue weighted by molar-refractivity contribution is 0.139. The van der Waals surface area contributed by atoms with Gasteiger partial charge in [0.2, 0.25) is 0 Å². The summed E-state index contributed by atoms with van der Waals surface area (Å²) in [4.78, 5) is 2.65. The SMILES string of the molecule is C=CC1CCN(CC2(C)CCNC2)CC1.Cl. The van der Waals surface area contributed by atoms with Crippen LogP contribution in [0.15, 0.2) is 12.7 Å². The van der Waals surface area contributed by atoms with E-state index in [2.05, 4.69) is 29.8 Å². The van der Waals surface area contributed by atoms with E-state index >= 15 is 0 Å². The highest BCUT2D eigenvalue weighted by Gasteiger charge is 2.31. The van der Waals surface area contributed by atoms with Gasteiger partial charge in [-0.1, -0.05) is 13.0 Å². The fourth-order valence-electron chi connectivity index (χ4n) is 2.89. The Morgan fingerprint density at radius 2 is 2.12 bits per heavy atom. The summed E-state index contributed by atoms with van der Waals surface area (Å²) in [6.07, 6.45) is 6.10. The Hall–Kier alpha value is -0.0500. The lowest BCUT2D eigenvalue weighted by atomic mass is 9.87. The van der Waals surface area contributed by atoms with Crippen LogP contribution >= 0.6 is 12.4 Å². The van der Waals surface area contributed by atoms with E-state index < -0.39 is 0 Å². The minimum atomic E-state index is 0. The van der Waals surface area contributed by atoms with Gasteiger partial charge in [0.15, 0.2) is 0 Å². The summed E-state index contributed by atoms with van der Waals surface area (Å²) in [6, 6.07) is 0. The van der Waals surface area contributed by atoms with Crippen LogP contribution in [0.4, 0.5) is 0 Å². The molecule has 2 aliphatic heterocycles. The van der Waals surface area contributed by atoms with Gasteiger partial charge in [0.25, 0.3) is 0 Å². The van der Waals surface area contributed by atoms with Crippen molar-refractivity contribution in [3.05, 3.63) is 12.7 Å². The molecule has 1 atom stereocenters. The van der Waals surface area contributed by atoms with E-state index in [1.165, 1.54) is 52.0 Å². The first-order chi connectivity index (χ1) is 7.22. The van der Waals surface area contributed by atoms with Crippen molar-refractivity contribution >= 4 is 12.4 Å². The molecule has 0 saturated carbocycles. The highest BCUT2D eigenvalue weighted by atomic mass is 35.5. The molecule has 3 heteroatoms. The van der Waals surface area contributed by atoms with Gasteiger partial charge in [-0.15, -0.1) is 19.0 Å². The van der Waals surface area contributed by atoms with Crippen LogP contribution in [-0.2, 0) is 0 Å². The van der Waals surface area contributed by atoms with Gasteiger partial charge >= 0.3 is 0 Å². The fraction of sp³-hybridized carbons (Fsp3) is 0.846. The quantitative estimate of drug-likeness (QED) is 0.767. The van der Waals surface area contributed by atoms with Crippen LogP contribution in [0, 0.1) is 11.3 Å². The number of hydrogen-bond acceptors (Lipinski definition) is 2. The zero-order chi connectivity index (χ0) is 10.7. The first kappa shape index (κ1) is 14.0. The summed E-state index contributed by atoms with van der Waals surface area (Å²) in [6.45, 7) is 12.6. The number of piperidine rings is 1. The molecule has 2 nitrogen and oxygen atoms in total. The number of halogens is 1.